The average Bonchev–Trinajstić information content (AvgIpc) is 3.23. The first-order valence-electron chi connectivity index (χ1n) is 10.5. The number of carbonyl (C=O) groups excluding carboxylic acids is 1. The zero-order valence-corrected chi connectivity index (χ0v) is 18.9. The van der Waals surface area contributed by atoms with Crippen molar-refractivity contribution in [2.45, 2.75) is 19.4 Å². The second kappa shape index (κ2) is 8.22. The second-order valence-electron chi connectivity index (χ2n) is 8.21. The van der Waals surface area contributed by atoms with Crippen LogP contribution in [0.4, 0.5) is 5.69 Å². The fraction of sp³-hybridized carbons (Fsp3) is 0.115. The van der Waals surface area contributed by atoms with Gasteiger partial charge < -0.3 is 10.1 Å². The van der Waals surface area contributed by atoms with E-state index >= 15 is 0 Å². The highest BCUT2D eigenvalue weighted by atomic mass is 35.5. The van der Waals surface area contributed by atoms with Crippen LogP contribution < -0.4 is 10.1 Å². The summed E-state index contributed by atoms with van der Waals surface area (Å²) in [5.41, 5.74) is 1.83. The predicted octanol–water partition coefficient (Wildman–Crippen LogP) is 6.02. The third-order valence-corrected chi connectivity index (χ3v) is 5.61. The first kappa shape index (κ1) is 21.0. The minimum Gasteiger partial charge on any atom is -0.478 e. The number of nitrogens with zero attached hydrogens (tertiary/aromatic N) is 3. The summed E-state index contributed by atoms with van der Waals surface area (Å²) in [7, 11) is 0. The number of anilines is 1. The highest BCUT2D eigenvalue weighted by Crippen LogP contribution is 2.25. The molecule has 0 bridgehead atoms. The molecule has 0 unspecified atom stereocenters. The van der Waals surface area contributed by atoms with Gasteiger partial charge in [0.2, 0.25) is 0 Å². The number of fused-ring (bicyclic) bond motifs is 2. The van der Waals surface area contributed by atoms with Crippen LogP contribution in [-0.2, 0) is 4.79 Å². The van der Waals surface area contributed by atoms with Gasteiger partial charge in [0.15, 0.2) is 5.60 Å². The highest BCUT2D eigenvalue weighted by Gasteiger charge is 2.30. The smallest absolute Gasteiger partial charge is 0.267 e. The lowest BCUT2D eigenvalue weighted by Gasteiger charge is -2.25. The summed E-state index contributed by atoms with van der Waals surface area (Å²) in [6.45, 7) is 3.43. The van der Waals surface area contributed by atoms with Crippen molar-refractivity contribution in [1.82, 2.24) is 15.0 Å². The molecule has 1 N–H and O–H groups in total. The summed E-state index contributed by atoms with van der Waals surface area (Å²) >= 11 is 5.92. The Kier molecular flexibility index (Phi) is 5.23. The number of hydrogen-bond acceptors (Lipinski definition) is 4. The number of hydrogen-bond donors (Lipinski definition) is 1. The van der Waals surface area contributed by atoms with Crippen molar-refractivity contribution in [3.63, 3.8) is 0 Å². The fourth-order valence-corrected chi connectivity index (χ4v) is 3.73. The van der Waals surface area contributed by atoms with E-state index in [1.807, 2.05) is 36.4 Å². The van der Waals surface area contributed by atoms with Crippen molar-refractivity contribution in [2.75, 3.05) is 5.32 Å². The molecule has 1 amide bonds. The number of carbonyl (C=O) groups is 1. The van der Waals surface area contributed by atoms with Gasteiger partial charge in [0.05, 0.1) is 5.69 Å². The lowest BCUT2D eigenvalue weighted by atomic mass is 10.1. The van der Waals surface area contributed by atoms with Gasteiger partial charge in [-0.3, -0.25) is 4.79 Å². The molecule has 0 aliphatic rings. The van der Waals surface area contributed by atoms with Crippen molar-refractivity contribution < 1.29 is 9.53 Å². The summed E-state index contributed by atoms with van der Waals surface area (Å²) < 4.78 is 5.88. The molecule has 0 saturated heterocycles. The zero-order valence-electron chi connectivity index (χ0n) is 18.1. The van der Waals surface area contributed by atoms with Gasteiger partial charge in [-0.15, -0.1) is 15.0 Å². The summed E-state index contributed by atoms with van der Waals surface area (Å²) in [6.07, 6.45) is 0. The monoisotopic (exact) mass is 456 g/mol. The van der Waals surface area contributed by atoms with Crippen LogP contribution in [0.1, 0.15) is 13.8 Å². The van der Waals surface area contributed by atoms with Crippen LogP contribution in [0.5, 0.6) is 5.75 Å². The van der Waals surface area contributed by atoms with E-state index in [0.29, 0.717) is 22.0 Å². The summed E-state index contributed by atoms with van der Waals surface area (Å²) in [4.78, 5) is 14.5. The molecule has 33 heavy (non-hydrogen) atoms. The maximum atomic E-state index is 12.9. The molecule has 4 aromatic carbocycles. The van der Waals surface area contributed by atoms with Gasteiger partial charge in [0.25, 0.3) is 5.91 Å². The number of nitrogens with one attached hydrogen (secondary N) is 1. The number of amides is 1. The standard InChI is InChI=1S/C26H21ClN4O2/c1-26(2,33-20-13-10-18(27)11-14-20)25(32)28-19-12-15-22-23(16-19)30-31(29-22)24-9-5-7-17-6-3-4-8-21(17)24/h3-16H,1-2H3,(H,28,32). The van der Waals surface area contributed by atoms with Crippen LogP contribution in [0.15, 0.2) is 84.9 Å². The predicted molar refractivity (Wildman–Crippen MR) is 131 cm³/mol. The minimum absolute atomic E-state index is 0.279. The number of aromatic nitrogens is 3. The molecule has 5 aromatic rings. The molecular formula is C26H21ClN4O2. The Morgan fingerprint density at radius 2 is 1.64 bits per heavy atom. The van der Waals surface area contributed by atoms with Crippen molar-refractivity contribution in [1.29, 1.82) is 0 Å². The SMILES string of the molecule is CC(C)(Oc1ccc(Cl)cc1)C(=O)Nc1ccc2nn(-c3cccc4ccccc34)nc2c1. The Bertz CT molecular complexity index is 1470. The Labute approximate surface area is 195 Å². The summed E-state index contributed by atoms with van der Waals surface area (Å²) in [6, 6.07) is 26.5. The quantitative estimate of drug-likeness (QED) is 0.351. The third-order valence-electron chi connectivity index (χ3n) is 5.35. The van der Waals surface area contributed by atoms with Gasteiger partial charge in [-0.05, 0) is 67.8 Å². The normalized spacial score (nSPS) is 11.6. The van der Waals surface area contributed by atoms with E-state index in [2.05, 4.69) is 27.6 Å². The Balaban J connectivity index is 1.39. The van der Waals surface area contributed by atoms with Gasteiger partial charge >= 0.3 is 0 Å². The van der Waals surface area contributed by atoms with E-state index < -0.39 is 5.60 Å². The van der Waals surface area contributed by atoms with E-state index in [9.17, 15) is 4.79 Å². The van der Waals surface area contributed by atoms with E-state index in [0.717, 1.165) is 22.0 Å². The lowest BCUT2D eigenvalue weighted by molar-refractivity contribution is -0.128. The van der Waals surface area contributed by atoms with E-state index in [-0.39, 0.29) is 5.91 Å². The molecular weight excluding hydrogens is 436 g/mol. The fourth-order valence-electron chi connectivity index (χ4n) is 3.61. The molecule has 6 nitrogen and oxygen atoms in total. The van der Waals surface area contributed by atoms with E-state index in [1.165, 1.54) is 0 Å². The number of rotatable bonds is 5. The van der Waals surface area contributed by atoms with Crippen LogP contribution in [0.2, 0.25) is 5.02 Å². The average molecular weight is 457 g/mol. The Hall–Kier alpha value is -3.90. The molecule has 0 fully saturated rings. The van der Waals surface area contributed by atoms with Crippen molar-refractivity contribution in [3.05, 3.63) is 90.0 Å². The molecule has 5 rings (SSSR count). The molecule has 0 atom stereocenters. The minimum atomic E-state index is -1.09. The van der Waals surface area contributed by atoms with Crippen LogP contribution in [0, 0.1) is 0 Å². The van der Waals surface area contributed by atoms with Crippen molar-refractivity contribution in [2.24, 2.45) is 0 Å². The van der Waals surface area contributed by atoms with Crippen LogP contribution in [0.25, 0.3) is 27.5 Å². The first-order chi connectivity index (χ1) is 15.9. The largest absolute Gasteiger partial charge is 0.478 e. The molecule has 0 aliphatic carbocycles. The van der Waals surface area contributed by atoms with Crippen LogP contribution in [0.3, 0.4) is 0 Å². The zero-order chi connectivity index (χ0) is 23.0. The molecule has 1 aromatic heterocycles. The maximum Gasteiger partial charge on any atom is 0.267 e. The second-order valence-corrected chi connectivity index (χ2v) is 8.65. The molecule has 0 saturated carbocycles. The highest BCUT2D eigenvalue weighted by molar-refractivity contribution is 6.30. The molecule has 164 valence electrons. The number of benzene rings is 4. The lowest BCUT2D eigenvalue weighted by Crippen LogP contribution is -2.42. The van der Waals surface area contributed by atoms with Gasteiger partial charge in [-0.25, -0.2) is 0 Å². The van der Waals surface area contributed by atoms with Crippen LogP contribution >= 0.6 is 11.6 Å². The number of ether oxygens (including phenoxy) is 1. The number of halogens is 1. The van der Waals surface area contributed by atoms with Gasteiger partial charge in [0, 0.05) is 16.1 Å². The first-order valence-corrected chi connectivity index (χ1v) is 10.9. The van der Waals surface area contributed by atoms with E-state index in [1.54, 1.807) is 55.0 Å². The van der Waals surface area contributed by atoms with Crippen molar-refractivity contribution >= 4 is 45.0 Å². The molecule has 0 aliphatic heterocycles. The van der Waals surface area contributed by atoms with Gasteiger partial charge in [-0.2, -0.15) is 0 Å². The summed E-state index contributed by atoms with van der Waals surface area (Å²) in [5, 5.41) is 15.0. The molecule has 7 heteroatoms. The maximum absolute atomic E-state index is 12.9. The van der Waals surface area contributed by atoms with Gasteiger partial charge in [-0.1, -0.05) is 48.0 Å². The molecule has 0 spiro atoms. The Morgan fingerprint density at radius 3 is 2.45 bits per heavy atom. The third kappa shape index (κ3) is 4.25. The van der Waals surface area contributed by atoms with Crippen molar-refractivity contribution in [3.8, 4) is 11.4 Å². The van der Waals surface area contributed by atoms with Gasteiger partial charge in [0.1, 0.15) is 16.8 Å². The summed E-state index contributed by atoms with van der Waals surface area (Å²) in [5.74, 6) is 0.284. The molecule has 1 heterocycles. The van der Waals surface area contributed by atoms with Crippen LogP contribution in [-0.4, -0.2) is 26.5 Å². The van der Waals surface area contributed by atoms with E-state index in [4.69, 9.17) is 16.3 Å². The Morgan fingerprint density at radius 1 is 0.909 bits per heavy atom. The topological polar surface area (TPSA) is 69.0 Å². The molecule has 0 radical (unpaired) electrons.